The summed E-state index contributed by atoms with van der Waals surface area (Å²) in [5, 5.41) is 0. The Morgan fingerprint density at radius 1 is 0.947 bits per heavy atom. The molecule has 1 heterocycles. The molecule has 0 aromatic heterocycles. The van der Waals surface area contributed by atoms with Gasteiger partial charge in [0.25, 0.3) is 0 Å². The standard InChI is InChI=1S/C18H25N/c1-13-4-5-14-11-15-6-7-16(12-17(14)10-13)18(15)19-8-2-3-9-19/h4-5,10,15-16,18H,2-3,6-9,11-12H2,1H3. The fourth-order valence-electron chi connectivity index (χ4n) is 4.95. The van der Waals surface area contributed by atoms with Crippen molar-refractivity contribution in [3.8, 4) is 0 Å². The Kier molecular flexibility index (Phi) is 2.91. The quantitative estimate of drug-likeness (QED) is 0.741. The van der Waals surface area contributed by atoms with Gasteiger partial charge in [-0.2, -0.15) is 0 Å². The van der Waals surface area contributed by atoms with E-state index in [4.69, 9.17) is 0 Å². The molecular weight excluding hydrogens is 230 g/mol. The lowest BCUT2D eigenvalue weighted by Crippen LogP contribution is -2.40. The van der Waals surface area contributed by atoms with Crippen LogP contribution >= 0.6 is 0 Å². The van der Waals surface area contributed by atoms with Crippen LogP contribution in [0.5, 0.6) is 0 Å². The second kappa shape index (κ2) is 4.63. The van der Waals surface area contributed by atoms with Crippen molar-refractivity contribution in [2.24, 2.45) is 11.8 Å². The van der Waals surface area contributed by atoms with Crippen molar-refractivity contribution in [2.75, 3.05) is 13.1 Å². The summed E-state index contributed by atoms with van der Waals surface area (Å²) in [5.74, 6) is 1.87. The number of aryl methyl sites for hydroxylation is 1. The molecule has 3 aliphatic rings. The van der Waals surface area contributed by atoms with E-state index in [-0.39, 0.29) is 0 Å². The van der Waals surface area contributed by atoms with Gasteiger partial charge in [0.1, 0.15) is 0 Å². The summed E-state index contributed by atoms with van der Waals surface area (Å²) < 4.78 is 0. The molecule has 2 bridgehead atoms. The Hall–Kier alpha value is -0.820. The van der Waals surface area contributed by atoms with Crippen molar-refractivity contribution in [2.45, 2.75) is 51.5 Å². The number of hydrogen-bond acceptors (Lipinski definition) is 1. The summed E-state index contributed by atoms with van der Waals surface area (Å²) in [7, 11) is 0. The van der Waals surface area contributed by atoms with Crippen LogP contribution in [0.1, 0.15) is 42.4 Å². The van der Waals surface area contributed by atoms with E-state index in [1.165, 1.54) is 57.2 Å². The molecule has 2 aliphatic carbocycles. The topological polar surface area (TPSA) is 3.24 Å². The summed E-state index contributed by atoms with van der Waals surface area (Å²) in [6, 6.07) is 8.07. The maximum absolute atomic E-state index is 2.83. The summed E-state index contributed by atoms with van der Waals surface area (Å²) in [6.07, 6.45) is 8.49. The highest BCUT2D eigenvalue weighted by Gasteiger charge is 2.42. The Balaban J connectivity index is 1.66. The third-order valence-corrected chi connectivity index (χ3v) is 5.76. The lowest BCUT2D eigenvalue weighted by molar-refractivity contribution is 0.159. The van der Waals surface area contributed by atoms with Crippen LogP contribution in [-0.2, 0) is 12.8 Å². The molecule has 3 atom stereocenters. The average Bonchev–Trinajstić information content (AvgIpc) is 2.97. The molecule has 0 N–H and O–H groups in total. The summed E-state index contributed by atoms with van der Waals surface area (Å²) in [6.45, 7) is 4.97. The van der Waals surface area contributed by atoms with Gasteiger partial charge < -0.3 is 0 Å². The van der Waals surface area contributed by atoms with Gasteiger partial charge in [-0.1, -0.05) is 23.8 Å². The van der Waals surface area contributed by atoms with Crippen molar-refractivity contribution in [1.82, 2.24) is 4.90 Å². The highest BCUT2D eigenvalue weighted by molar-refractivity contribution is 5.34. The molecule has 0 radical (unpaired) electrons. The highest BCUT2D eigenvalue weighted by Crippen LogP contribution is 2.43. The first-order valence-corrected chi connectivity index (χ1v) is 8.14. The zero-order chi connectivity index (χ0) is 12.8. The minimum absolute atomic E-state index is 0.898. The first-order chi connectivity index (χ1) is 9.31. The first-order valence-electron chi connectivity index (χ1n) is 8.14. The number of benzene rings is 1. The molecular formula is C18H25N. The van der Waals surface area contributed by atoms with Crippen molar-refractivity contribution >= 4 is 0 Å². The Morgan fingerprint density at radius 3 is 2.37 bits per heavy atom. The molecule has 1 heteroatoms. The largest absolute Gasteiger partial charge is 0.300 e. The lowest BCUT2D eigenvalue weighted by Gasteiger charge is -2.32. The lowest BCUT2D eigenvalue weighted by atomic mass is 9.92. The van der Waals surface area contributed by atoms with E-state index >= 15 is 0 Å². The third kappa shape index (κ3) is 2.03. The van der Waals surface area contributed by atoms with Crippen LogP contribution in [0.2, 0.25) is 0 Å². The van der Waals surface area contributed by atoms with E-state index in [9.17, 15) is 0 Å². The zero-order valence-corrected chi connectivity index (χ0v) is 12.1. The summed E-state index contributed by atoms with van der Waals surface area (Å²) >= 11 is 0. The molecule has 1 saturated heterocycles. The van der Waals surface area contributed by atoms with Crippen molar-refractivity contribution in [1.29, 1.82) is 0 Å². The van der Waals surface area contributed by atoms with Crippen LogP contribution < -0.4 is 0 Å². The monoisotopic (exact) mass is 255 g/mol. The van der Waals surface area contributed by atoms with Crippen LogP contribution in [0, 0.1) is 18.8 Å². The third-order valence-electron chi connectivity index (χ3n) is 5.76. The fourth-order valence-corrected chi connectivity index (χ4v) is 4.95. The zero-order valence-electron chi connectivity index (χ0n) is 12.1. The van der Waals surface area contributed by atoms with Gasteiger partial charge in [0.15, 0.2) is 0 Å². The van der Waals surface area contributed by atoms with Gasteiger partial charge >= 0.3 is 0 Å². The average molecular weight is 255 g/mol. The molecule has 19 heavy (non-hydrogen) atoms. The number of rotatable bonds is 1. The second-order valence-corrected chi connectivity index (χ2v) is 7.01. The molecule has 0 spiro atoms. The molecule has 102 valence electrons. The number of fused-ring (bicyclic) bond motifs is 3. The van der Waals surface area contributed by atoms with Gasteiger partial charge in [0, 0.05) is 6.04 Å². The molecule has 1 saturated carbocycles. The van der Waals surface area contributed by atoms with Crippen LogP contribution in [-0.4, -0.2) is 24.0 Å². The van der Waals surface area contributed by atoms with Crippen LogP contribution in [0.25, 0.3) is 0 Å². The minimum atomic E-state index is 0.898. The molecule has 1 aromatic carbocycles. The number of likely N-dealkylation sites (tertiary alicyclic amines) is 1. The Bertz CT molecular complexity index is 473. The maximum Gasteiger partial charge on any atom is 0.0158 e. The van der Waals surface area contributed by atoms with Gasteiger partial charge in [0.05, 0.1) is 0 Å². The normalized spacial score (nSPS) is 34.3. The summed E-state index contributed by atoms with van der Waals surface area (Å²) in [4.78, 5) is 2.83. The molecule has 4 rings (SSSR count). The highest BCUT2D eigenvalue weighted by atomic mass is 15.2. The van der Waals surface area contributed by atoms with Crippen LogP contribution in [0.4, 0.5) is 0 Å². The van der Waals surface area contributed by atoms with Crippen LogP contribution in [0.15, 0.2) is 18.2 Å². The molecule has 1 aromatic rings. The Morgan fingerprint density at radius 2 is 1.63 bits per heavy atom. The molecule has 3 unspecified atom stereocenters. The van der Waals surface area contributed by atoms with E-state index in [0.717, 1.165) is 17.9 Å². The van der Waals surface area contributed by atoms with E-state index in [1.807, 2.05) is 0 Å². The van der Waals surface area contributed by atoms with E-state index in [0.29, 0.717) is 0 Å². The smallest absolute Gasteiger partial charge is 0.0158 e. The van der Waals surface area contributed by atoms with E-state index < -0.39 is 0 Å². The fraction of sp³-hybridized carbons (Fsp3) is 0.667. The molecule has 2 fully saturated rings. The van der Waals surface area contributed by atoms with Gasteiger partial charge in [-0.15, -0.1) is 0 Å². The van der Waals surface area contributed by atoms with E-state index in [2.05, 4.69) is 30.0 Å². The SMILES string of the molecule is Cc1ccc2c(c1)CC1CCC(C2)C1N1CCCC1. The number of hydrogen-bond donors (Lipinski definition) is 0. The first kappa shape index (κ1) is 12.0. The van der Waals surface area contributed by atoms with Gasteiger partial charge in [-0.05, 0) is 81.5 Å². The van der Waals surface area contributed by atoms with Gasteiger partial charge in [-0.3, -0.25) is 4.90 Å². The van der Waals surface area contributed by atoms with Gasteiger partial charge in [-0.25, -0.2) is 0 Å². The summed E-state index contributed by atoms with van der Waals surface area (Å²) in [5.41, 5.74) is 4.76. The minimum Gasteiger partial charge on any atom is -0.300 e. The number of nitrogens with zero attached hydrogens (tertiary/aromatic N) is 1. The van der Waals surface area contributed by atoms with Crippen molar-refractivity contribution in [3.63, 3.8) is 0 Å². The molecule has 1 aliphatic heterocycles. The second-order valence-electron chi connectivity index (χ2n) is 7.01. The predicted octanol–water partition coefficient (Wildman–Crippen LogP) is 3.58. The molecule has 0 amide bonds. The maximum atomic E-state index is 2.83. The molecule has 1 nitrogen and oxygen atoms in total. The predicted molar refractivity (Wildman–Crippen MR) is 79.4 cm³/mol. The Labute approximate surface area is 117 Å². The van der Waals surface area contributed by atoms with Gasteiger partial charge in [0.2, 0.25) is 0 Å². The van der Waals surface area contributed by atoms with Crippen molar-refractivity contribution in [3.05, 3.63) is 34.9 Å². The van der Waals surface area contributed by atoms with Crippen molar-refractivity contribution < 1.29 is 0 Å². The van der Waals surface area contributed by atoms with E-state index in [1.54, 1.807) is 11.1 Å². The van der Waals surface area contributed by atoms with Crippen LogP contribution in [0.3, 0.4) is 0 Å².